The summed E-state index contributed by atoms with van der Waals surface area (Å²) in [6, 6.07) is 7.56. The number of esters is 1. The first-order valence-corrected chi connectivity index (χ1v) is 6.65. The number of methoxy groups -OCH3 is 1. The van der Waals surface area contributed by atoms with Gasteiger partial charge in [-0.3, -0.25) is 9.59 Å². The fraction of sp³-hybridized carbons (Fsp3) is 0.467. The summed E-state index contributed by atoms with van der Waals surface area (Å²) in [6.07, 6.45) is 0.656. The first-order valence-electron chi connectivity index (χ1n) is 6.65. The molecule has 1 atom stereocenters. The van der Waals surface area contributed by atoms with Gasteiger partial charge in [-0.05, 0) is 31.0 Å². The van der Waals surface area contributed by atoms with Gasteiger partial charge in [0.15, 0.2) is 6.61 Å². The third-order valence-electron chi connectivity index (χ3n) is 3.43. The fourth-order valence-electron chi connectivity index (χ4n) is 2.29. The molecular formula is C15H19NO4. The summed E-state index contributed by atoms with van der Waals surface area (Å²) in [6.45, 7) is 2.96. The van der Waals surface area contributed by atoms with Crippen molar-refractivity contribution in [2.24, 2.45) is 5.92 Å². The third kappa shape index (κ3) is 3.50. The summed E-state index contributed by atoms with van der Waals surface area (Å²) in [7, 11) is 1.37. The minimum atomic E-state index is -0.250. The van der Waals surface area contributed by atoms with Crippen molar-refractivity contribution in [1.29, 1.82) is 0 Å². The second-order valence-corrected chi connectivity index (χ2v) is 4.95. The Morgan fingerprint density at radius 2 is 2.20 bits per heavy atom. The van der Waals surface area contributed by atoms with Gasteiger partial charge in [0.1, 0.15) is 5.75 Å². The molecule has 0 aliphatic carbocycles. The number of likely N-dealkylation sites (tertiary alicyclic amines) is 1. The zero-order valence-corrected chi connectivity index (χ0v) is 11.8. The van der Waals surface area contributed by atoms with Gasteiger partial charge in [-0.25, -0.2) is 0 Å². The van der Waals surface area contributed by atoms with E-state index in [-0.39, 0.29) is 24.4 Å². The number of hydrogen-bond donors (Lipinski definition) is 0. The molecule has 1 fully saturated rings. The molecule has 0 N–H and O–H groups in total. The van der Waals surface area contributed by atoms with Crippen LogP contribution in [0.3, 0.4) is 0 Å². The maximum Gasteiger partial charge on any atom is 0.310 e. The summed E-state index contributed by atoms with van der Waals surface area (Å²) >= 11 is 0. The number of carbonyl (C=O) groups excluding carboxylic acids is 2. The van der Waals surface area contributed by atoms with Gasteiger partial charge in [-0.1, -0.05) is 12.1 Å². The van der Waals surface area contributed by atoms with Crippen LogP contribution >= 0.6 is 0 Å². The molecule has 0 saturated carbocycles. The highest BCUT2D eigenvalue weighted by molar-refractivity contribution is 5.80. The first kappa shape index (κ1) is 14.4. The smallest absolute Gasteiger partial charge is 0.310 e. The van der Waals surface area contributed by atoms with Crippen LogP contribution in [0.1, 0.15) is 12.0 Å². The van der Waals surface area contributed by atoms with Gasteiger partial charge in [-0.15, -0.1) is 0 Å². The Morgan fingerprint density at radius 3 is 2.90 bits per heavy atom. The Balaban J connectivity index is 1.83. The van der Waals surface area contributed by atoms with E-state index in [0.717, 1.165) is 5.56 Å². The fourth-order valence-corrected chi connectivity index (χ4v) is 2.29. The van der Waals surface area contributed by atoms with Crippen molar-refractivity contribution in [2.75, 3.05) is 26.8 Å². The van der Waals surface area contributed by atoms with Gasteiger partial charge in [0, 0.05) is 13.1 Å². The van der Waals surface area contributed by atoms with E-state index >= 15 is 0 Å². The van der Waals surface area contributed by atoms with Gasteiger partial charge < -0.3 is 14.4 Å². The number of carbonyl (C=O) groups is 2. The topological polar surface area (TPSA) is 55.8 Å². The standard InChI is InChI=1S/C15H19NO4/c1-11-4-3-5-13(8-11)20-10-14(17)16-7-6-12(9-16)15(18)19-2/h3-5,8,12H,6-7,9-10H2,1-2H3. The Morgan fingerprint density at radius 1 is 1.40 bits per heavy atom. The predicted molar refractivity (Wildman–Crippen MR) is 73.4 cm³/mol. The molecule has 1 saturated heterocycles. The van der Waals surface area contributed by atoms with E-state index in [0.29, 0.717) is 25.3 Å². The van der Waals surface area contributed by atoms with Crippen molar-refractivity contribution in [3.05, 3.63) is 29.8 Å². The SMILES string of the molecule is COC(=O)C1CCN(C(=O)COc2cccc(C)c2)C1. The lowest BCUT2D eigenvalue weighted by molar-refractivity contribution is -0.145. The van der Waals surface area contributed by atoms with Crippen LogP contribution in [0, 0.1) is 12.8 Å². The Kier molecular flexibility index (Phi) is 4.61. The lowest BCUT2D eigenvalue weighted by atomic mass is 10.1. The highest BCUT2D eigenvalue weighted by Crippen LogP contribution is 2.18. The lowest BCUT2D eigenvalue weighted by Crippen LogP contribution is -2.34. The largest absolute Gasteiger partial charge is 0.484 e. The number of nitrogens with zero attached hydrogens (tertiary/aromatic N) is 1. The highest BCUT2D eigenvalue weighted by atomic mass is 16.5. The van der Waals surface area contributed by atoms with Gasteiger partial charge in [0.05, 0.1) is 13.0 Å². The van der Waals surface area contributed by atoms with Crippen molar-refractivity contribution >= 4 is 11.9 Å². The number of rotatable bonds is 4. The summed E-state index contributed by atoms with van der Waals surface area (Å²) < 4.78 is 10.2. The van der Waals surface area contributed by atoms with Crippen molar-refractivity contribution < 1.29 is 19.1 Å². The average molecular weight is 277 g/mol. The maximum atomic E-state index is 12.0. The van der Waals surface area contributed by atoms with E-state index in [2.05, 4.69) is 0 Å². The van der Waals surface area contributed by atoms with Crippen LogP contribution in [0.5, 0.6) is 5.75 Å². The van der Waals surface area contributed by atoms with E-state index in [1.165, 1.54) is 7.11 Å². The monoisotopic (exact) mass is 277 g/mol. The molecule has 0 spiro atoms. The molecule has 0 aromatic heterocycles. The number of ether oxygens (including phenoxy) is 2. The van der Waals surface area contributed by atoms with Crippen LogP contribution in [0.25, 0.3) is 0 Å². The van der Waals surface area contributed by atoms with Crippen molar-refractivity contribution in [2.45, 2.75) is 13.3 Å². The van der Waals surface area contributed by atoms with Crippen LogP contribution in [0.2, 0.25) is 0 Å². The van der Waals surface area contributed by atoms with Crippen LogP contribution in [0.4, 0.5) is 0 Å². The van der Waals surface area contributed by atoms with Gasteiger partial charge >= 0.3 is 5.97 Å². The van der Waals surface area contributed by atoms with E-state index in [4.69, 9.17) is 9.47 Å². The van der Waals surface area contributed by atoms with Crippen LogP contribution < -0.4 is 4.74 Å². The van der Waals surface area contributed by atoms with Crippen molar-refractivity contribution in [1.82, 2.24) is 4.90 Å². The van der Waals surface area contributed by atoms with E-state index in [1.54, 1.807) is 4.90 Å². The number of amides is 1. The molecule has 1 aliphatic rings. The summed E-state index contributed by atoms with van der Waals surface area (Å²) in [5.41, 5.74) is 1.09. The first-order chi connectivity index (χ1) is 9.60. The second kappa shape index (κ2) is 6.41. The summed E-state index contributed by atoms with van der Waals surface area (Å²) in [5.74, 6) is 0.128. The van der Waals surface area contributed by atoms with Crippen LogP contribution in [0.15, 0.2) is 24.3 Å². The molecule has 0 bridgehead atoms. The lowest BCUT2D eigenvalue weighted by Gasteiger charge is -2.16. The molecule has 0 radical (unpaired) electrons. The Bertz CT molecular complexity index is 500. The van der Waals surface area contributed by atoms with Crippen molar-refractivity contribution in [3.63, 3.8) is 0 Å². The van der Waals surface area contributed by atoms with Crippen LogP contribution in [-0.4, -0.2) is 43.6 Å². The molecule has 1 aliphatic heterocycles. The molecule has 20 heavy (non-hydrogen) atoms. The summed E-state index contributed by atoms with van der Waals surface area (Å²) in [4.78, 5) is 25.1. The third-order valence-corrected chi connectivity index (χ3v) is 3.43. The molecular weight excluding hydrogens is 258 g/mol. The Labute approximate surface area is 118 Å². The molecule has 1 amide bonds. The van der Waals surface area contributed by atoms with E-state index in [1.807, 2.05) is 31.2 Å². The number of benzene rings is 1. The van der Waals surface area contributed by atoms with E-state index in [9.17, 15) is 9.59 Å². The normalized spacial score (nSPS) is 17.9. The number of aryl methyl sites for hydroxylation is 1. The molecule has 108 valence electrons. The highest BCUT2D eigenvalue weighted by Gasteiger charge is 2.31. The van der Waals surface area contributed by atoms with Gasteiger partial charge in [0.25, 0.3) is 5.91 Å². The van der Waals surface area contributed by atoms with E-state index < -0.39 is 0 Å². The molecule has 1 aromatic rings. The van der Waals surface area contributed by atoms with Crippen molar-refractivity contribution in [3.8, 4) is 5.75 Å². The summed E-state index contributed by atoms with van der Waals surface area (Å²) in [5, 5.41) is 0. The molecule has 1 heterocycles. The predicted octanol–water partition coefficient (Wildman–Crippen LogP) is 1.40. The van der Waals surface area contributed by atoms with Gasteiger partial charge in [-0.2, -0.15) is 0 Å². The number of hydrogen-bond acceptors (Lipinski definition) is 4. The maximum absolute atomic E-state index is 12.0. The molecule has 5 heteroatoms. The average Bonchev–Trinajstić information content (AvgIpc) is 2.94. The second-order valence-electron chi connectivity index (χ2n) is 4.95. The minimum Gasteiger partial charge on any atom is -0.484 e. The molecule has 5 nitrogen and oxygen atoms in total. The quantitative estimate of drug-likeness (QED) is 0.781. The molecule has 1 aromatic carbocycles. The Hall–Kier alpha value is -2.04. The van der Waals surface area contributed by atoms with Gasteiger partial charge in [0.2, 0.25) is 0 Å². The molecule has 1 unspecified atom stereocenters. The zero-order valence-electron chi connectivity index (χ0n) is 11.8. The zero-order chi connectivity index (χ0) is 14.5. The molecule has 2 rings (SSSR count). The minimum absolute atomic E-state index is 0.00263. The van der Waals surface area contributed by atoms with Crippen LogP contribution in [-0.2, 0) is 14.3 Å².